The number of aromatic nitrogens is 2. The van der Waals surface area contributed by atoms with Crippen LogP contribution in [0.25, 0.3) is 10.9 Å². The number of nitrogens with zero attached hydrogens (tertiary/aromatic N) is 2. The number of benzene rings is 1. The van der Waals surface area contributed by atoms with E-state index >= 15 is 0 Å². The van der Waals surface area contributed by atoms with Gasteiger partial charge in [-0.3, -0.25) is 19.0 Å². The van der Waals surface area contributed by atoms with Crippen molar-refractivity contribution in [1.29, 1.82) is 0 Å². The Bertz CT molecular complexity index is 993. The van der Waals surface area contributed by atoms with E-state index in [0.29, 0.717) is 34.3 Å². The lowest BCUT2D eigenvalue weighted by atomic mass is 10.0. The number of primary amides is 1. The van der Waals surface area contributed by atoms with Gasteiger partial charge < -0.3 is 15.6 Å². The Labute approximate surface area is 152 Å². The highest BCUT2D eigenvalue weighted by Crippen LogP contribution is 2.32. The molecule has 0 aliphatic carbocycles. The van der Waals surface area contributed by atoms with E-state index in [2.05, 4.69) is 15.3 Å². The molecule has 26 heavy (non-hydrogen) atoms. The highest BCUT2D eigenvalue weighted by molar-refractivity contribution is 7.78. The lowest BCUT2D eigenvalue weighted by molar-refractivity contribution is 0.100. The Balaban J connectivity index is 2.27. The third kappa shape index (κ3) is 3.71. The highest BCUT2D eigenvalue weighted by atomic mass is 32.2. The fraction of sp³-hybridized carbons (Fsp3) is 0.167. The molecule has 2 heterocycles. The van der Waals surface area contributed by atoms with Crippen molar-refractivity contribution >= 4 is 39.3 Å². The Kier molecular flexibility index (Phi) is 5.24. The summed E-state index contributed by atoms with van der Waals surface area (Å²) < 4.78 is 22.3. The van der Waals surface area contributed by atoms with Crippen LogP contribution in [-0.4, -0.2) is 24.6 Å². The molecule has 8 heteroatoms. The number of pyridine rings is 2. The molecule has 0 saturated carbocycles. The summed E-state index contributed by atoms with van der Waals surface area (Å²) in [6, 6.07) is 7.12. The van der Waals surface area contributed by atoms with Crippen LogP contribution in [-0.2, 0) is 23.3 Å². The summed E-state index contributed by atoms with van der Waals surface area (Å²) in [6.07, 6.45) is 5.37. The summed E-state index contributed by atoms with van der Waals surface area (Å²) in [7, 11) is 0. The van der Waals surface area contributed by atoms with Crippen molar-refractivity contribution in [3.05, 3.63) is 59.5 Å². The van der Waals surface area contributed by atoms with Gasteiger partial charge in [-0.15, -0.1) is 0 Å². The van der Waals surface area contributed by atoms with Crippen molar-refractivity contribution in [3.63, 3.8) is 0 Å². The van der Waals surface area contributed by atoms with Gasteiger partial charge in [-0.25, -0.2) is 0 Å². The molecule has 0 fully saturated rings. The third-order valence-corrected chi connectivity index (χ3v) is 4.54. The maximum atomic E-state index is 11.9. The molecule has 7 nitrogen and oxygen atoms in total. The average molecular weight is 369 g/mol. The van der Waals surface area contributed by atoms with Gasteiger partial charge in [-0.05, 0) is 35.7 Å². The Morgan fingerprint density at radius 3 is 2.77 bits per heavy atom. The number of hydrogen-bond donors (Lipinski definition) is 2. The molecule has 1 amide bonds. The highest BCUT2D eigenvalue weighted by Gasteiger charge is 2.16. The molecule has 3 N–H and O–H groups in total. The standard InChI is InChI=1S/C18H18N4O3S/c1-2-12-6-11(10-26(24)25)7-14-16(12)21-9-15(18(19)23)17(14)22-13-4-3-5-20-8-13/h3-9H,2,10H2,1H3,(H2,19,23)(H,21,22)(H,24,25)/p-1. The fourth-order valence-electron chi connectivity index (χ4n) is 2.83. The minimum absolute atomic E-state index is 0.115. The van der Waals surface area contributed by atoms with Crippen LogP contribution in [0.3, 0.4) is 0 Å². The van der Waals surface area contributed by atoms with Gasteiger partial charge in [-0.1, -0.05) is 24.1 Å². The smallest absolute Gasteiger partial charge is 0.252 e. The number of carbonyl (C=O) groups excluding carboxylic acids is 1. The van der Waals surface area contributed by atoms with E-state index in [0.717, 1.165) is 5.56 Å². The van der Waals surface area contributed by atoms with Crippen LogP contribution < -0.4 is 11.1 Å². The zero-order valence-corrected chi connectivity index (χ0v) is 14.9. The van der Waals surface area contributed by atoms with Gasteiger partial charge in [-0.2, -0.15) is 0 Å². The van der Waals surface area contributed by atoms with E-state index in [9.17, 15) is 13.6 Å². The van der Waals surface area contributed by atoms with Crippen molar-refractivity contribution in [2.24, 2.45) is 5.73 Å². The number of amides is 1. The molecule has 0 bridgehead atoms. The number of nitrogens with one attached hydrogen (secondary N) is 1. The molecule has 2 aromatic heterocycles. The first-order valence-electron chi connectivity index (χ1n) is 7.96. The quantitative estimate of drug-likeness (QED) is 0.644. The average Bonchev–Trinajstić information content (AvgIpc) is 2.61. The molecule has 1 atom stereocenters. The zero-order chi connectivity index (χ0) is 18.7. The van der Waals surface area contributed by atoms with Gasteiger partial charge in [0.05, 0.1) is 28.7 Å². The SMILES string of the molecule is CCc1cc(CS(=O)[O-])cc2c(Nc3cccnc3)c(C(N)=O)cnc12. The van der Waals surface area contributed by atoms with Gasteiger partial charge in [0.25, 0.3) is 5.91 Å². The van der Waals surface area contributed by atoms with E-state index in [-0.39, 0.29) is 11.3 Å². The van der Waals surface area contributed by atoms with Crippen LogP contribution in [0.2, 0.25) is 0 Å². The molecule has 134 valence electrons. The summed E-state index contributed by atoms with van der Waals surface area (Å²) in [5.41, 5.74) is 9.13. The van der Waals surface area contributed by atoms with E-state index in [1.165, 1.54) is 6.20 Å². The van der Waals surface area contributed by atoms with Gasteiger partial charge >= 0.3 is 0 Å². The molecule has 0 radical (unpaired) electrons. The second-order valence-corrected chi connectivity index (χ2v) is 6.63. The summed E-state index contributed by atoms with van der Waals surface area (Å²) in [4.78, 5) is 20.3. The second kappa shape index (κ2) is 7.59. The molecule has 0 aliphatic heterocycles. The molecular formula is C18H17N4O3S-. The predicted octanol–water partition coefficient (Wildman–Crippen LogP) is 2.41. The van der Waals surface area contributed by atoms with Gasteiger partial charge in [0.1, 0.15) is 0 Å². The second-order valence-electron chi connectivity index (χ2n) is 5.73. The molecule has 1 aromatic carbocycles. The predicted molar refractivity (Wildman–Crippen MR) is 99.8 cm³/mol. The van der Waals surface area contributed by atoms with Crippen LogP contribution in [0, 0.1) is 0 Å². The number of nitrogens with two attached hydrogens (primary N) is 1. The maximum absolute atomic E-state index is 11.9. The molecule has 3 rings (SSSR count). The van der Waals surface area contributed by atoms with Gasteiger partial charge in [0, 0.05) is 23.5 Å². The molecule has 1 unspecified atom stereocenters. The Morgan fingerprint density at radius 1 is 1.35 bits per heavy atom. The van der Waals surface area contributed by atoms with Crippen molar-refractivity contribution in [1.82, 2.24) is 9.97 Å². The molecule has 0 aliphatic rings. The van der Waals surface area contributed by atoms with Crippen LogP contribution in [0.15, 0.2) is 42.9 Å². The monoisotopic (exact) mass is 369 g/mol. The normalized spacial score (nSPS) is 12.1. The fourth-order valence-corrected chi connectivity index (χ4v) is 3.27. The topological polar surface area (TPSA) is 121 Å². The molecular weight excluding hydrogens is 352 g/mol. The minimum Gasteiger partial charge on any atom is -0.772 e. The van der Waals surface area contributed by atoms with Crippen molar-refractivity contribution in [2.45, 2.75) is 19.1 Å². The lowest BCUT2D eigenvalue weighted by Gasteiger charge is -2.16. The van der Waals surface area contributed by atoms with Crippen LogP contribution in [0.4, 0.5) is 11.4 Å². The van der Waals surface area contributed by atoms with Crippen LogP contribution in [0.1, 0.15) is 28.4 Å². The van der Waals surface area contributed by atoms with Crippen LogP contribution >= 0.6 is 0 Å². The summed E-state index contributed by atoms with van der Waals surface area (Å²) in [6.45, 7) is 1.96. The zero-order valence-electron chi connectivity index (χ0n) is 14.1. The van der Waals surface area contributed by atoms with E-state index in [1.54, 1.807) is 30.6 Å². The number of hydrogen-bond acceptors (Lipinski definition) is 6. The third-order valence-electron chi connectivity index (χ3n) is 3.97. The van der Waals surface area contributed by atoms with Crippen LogP contribution in [0.5, 0.6) is 0 Å². The Morgan fingerprint density at radius 2 is 2.15 bits per heavy atom. The molecule has 3 aromatic rings. The van der Waals surface area contributed by atoms with Gasteiger partial charge in [0.15, 0.2) is 0 Å². The van der Waals surface area contributed by atoms with E-state index in [1.807, 2.05) is 13.0 Å². The summed E-state index contributed by atoms with van der Waals surface area (Å²) >= 11 is -2.22. The van der Waals surface area contributed by atoms with Gasteiger partial charge in [0.2, 0.25) is 0 Å². The number of carbonyl (C=O) groups is 1. The first kappa shape index (κ1) is 18.0. The Hall–Kier alpha value is -2.84. The lowest BCUT2D eigenvalue weighted by Crippen LogP contribution is -2.14. The molecule has 0 spiro atoms. The van der Waals surface area contributed by atoms with E-state index in [4.69, 9.17) is 5.73 Å². The largest absolute Gasteiger partial charge is 0.772 e. The summed E-state index contributed by atoms with van der Waals surface area (Å²) in [5, 5.41) is 3.81. The first-order valence-corrected chi connectivity index (χ1v) is 9.21. The number of fused-ring (bicyclic) bond motifs is 1. The number of rotatable bonds is 6. The van der Waals surface area contributed by atoms with E-state index < -0.39 is 17.0 Å². The first-order chi connectivity index (χ1) is 12.5. The minimum atomic E-state index is -2.22. The summed E-state index contributed by atoms with van der Waals surface area (Å²) in [5.74, 6) is -0.738. The van der Waals surface area contributed by atoms with Crippen molar-refractivity contribution < 1.29 is 13.6 Å². The maximum Gasteiger partial charge on any atom is 0.252 e. The molecule has 0 saturated heterocycles. The van der Waals surface area contributed by atoms with Crippen molar-refractivity contribution in [2.75, 3.05) is 5.32 Å². The number of aryl methyl sites for hydroxylation is 1. The number of anilines is 2. The van der Waals surface area contributed by atoms with Crippen molar-refractivity contribution in [3.8, 4) is 0 Å².